The summed E-state index contributed by atoms with van der Waals surface area (Å²) >= 11 is 0. The van der Waals surface area contributed by atoms with E-state index in [1.165, 1.54) is 5.56 Å². The number of anilines is 1. The van der Waals surface area contributed by atoms with Gasteiger partial charge in [-0.05, 0) is 11.6 Å². The van der Waals surface area contributed by atoms with E-state index in [0.29, 0.717) is 0 Å². The van der Waals surface area contributed by atoms with E-state index in [1.54, 1.807) is 6.20 Å². The average Bonchev–Trinajstić information content (AvgIpc) is 2.05. The summed E-state index contributed by atoms with van der Waals surface area (Å²) in [6.07, 6.45) is 2.71. The molecule has 0 saturated carbocycles. The van der Waals surface area contributed by atoms with Crippen molar-refractivity contribution in [1.82, 2.24) is 4.98 Å². The minimum absolute atomic E-state index is 0.735. The zero-order valence-corrected chi connectivity index (χ0v) is 5.50. The van der Waals surface area contributed by atoms with Crippen LogP contribution in [0.5, 0.6) is 0 Å². The summed E-state index contributed by atoms with van der Waals surface area (Å²) in [7, 11) is 0. The van der Waals surface area contributed by atoms with Crippen LogP contribution in [0.1, 0.15) is 5.56 Å². The maximum atomic E-state index is 4.98. The summed E-state index contributed by atoms with van der Waals surface area (Å²) in [5.74, 6) is 0.855. The Kier molecular flexibility index (Phi) is 1.29. The lowest BCUT2D eigenvalue weighted by molar-refractivity contribution is 0.185. The van der Waals surface area contributed by atoms with E-state index in [-0.39, 0.29) is 0 Å². The molecule has 1 aliphatic heterocycles. The maximum Gasteiger partial charge on any atom is 0.152 e. The lowest BCUT2D eigenvalue weighted by Crippen LogP contribution is -2.14. The van der Waals surface area contributed by atoms with Crippen LogP contribution in [0.2, 0.25) is 0 Å². The first kappa shape index (κ1) is 5.68. The molecule has 3 nitrogen and oxygen atoms in total. The third kappa shape index (κ3) is 0.844. The quantitative estimate of drug-likeness (QED) is 0.577. The van der Waals surface area contributed by atoms with Crippen LogP contribution in [0.25, 0.3) is 0 Å². The number of hydrogen-bond donors (Lipinski definition) is 1. The zero-order chi connectivity index (χ0) is 6.81. The normalized spacial score (nSPS) is 15.6. The summed E-state index contributed by atoms with van der Waals surface area (Å²) in [4.78, 5) is 9.07. The van der Waals surface area contributed by atoms with Crippen LogP contribution in [-0.2, 0) is 11.3 Å². The Labute approximate surface area is 59.0 Å². The number of fused-ring (bicyclic) bond motifs is 1. The molecule has 0 unspecified atom stereocenters. The second-order valence-electron chi connectivity index (χ2n) is 2.21. The number of hydrogen-bond acceptors (Lipinski definition) is 3. The van der Waals surface area contributed by atoms with Gasteiger partial charge in [-0.1, -0.05) is 6.07 Å². The molecule has 0 radical (unpaired) electrons. The molecule has 0 atom stereocenters. The van der Waals surface area contributed by atoms with Crippen molar-refractivity contribution in [2.45, 2.75) is 6.42 Å². The molecule has 0 saturated heterocycles. The van der Waals surface area contributed by atoms with Crippen molar-refractivity contribution in [1.29, 1.82) is 0 Å². The van der Waals surface area contributed by atoms with Gasteiger partial charge in [0.05, 0.1) is 6.61 Å². The summed E-state index contributed by atoms with van der Waals surface area (Å²) in [6.45, 7) is 0.735. The topological polar surface area (TPSA) is 34.1 Å². The minimum Gasteiger partial charge on any atom is -0.274 e. The number of nitrogens with zero attached hydrogens (tertiary/aromatic N) is 1. The van der Waals surface area contributed by atoms with E-state index in [2.05, 4.69) is 16.5 Å². The monoisotopic (exact) mass is 136 g/mol. The van der Waals surface area contributed by atoms with Crippen LogP contribution in [0.4, 0.5) is 5.82 Å². The van der Waals surface area contributed by atoms with Crippen LogP contribution < -0.4 is 5.48 Å². The third-order valence-corrected chi connectivity index (χ3v) is 1.53. The second-order valence-corrected chi connectivity index (χ2v) is 2.21. The van der Waals surface area contributed by atoms with Gasteiger partial charge in [0.15, 0.2) is 5.82 Å². The number of rotatable bonds is 0. The Hall–Kier alpha value is -1.09. The van der Waals surface area contributed by atoms with E-state index in [0.717, 1.165) is 18.8 Å². The minimum atomic E-state index is 0.735. The van der Waals surface area contributed by atoms with Crippen molar-refractivity contribution in [3.8, 4) is 0 Å². The lowest BCUT2D eigenvalue weighted by atomic mass is 10.2. The van der Waals surface area contributed by atoms with Crippen molar-refractivity contribution in [2.24, 2.45) is 0 Å². The van der Waals surface area contributed by atoms with E-state index < -0.39 is 0 Å². The fraction of sp³-hybridized carbons (Fsp3) is 0.286. The Morgan fingerprint density at radius 2 is 2.60 bits per heavy atom. The van der Waals surface area contributed by atoms with E-state index in [1.807, 2.05) is 6.07 Å². The molecule has 0 spiro atoms. The van der Waals surface area contributed by atoms with Crippen molar-refractivity contribution < 1.29 is 4.84 Å². The van der Waals surface area contributed by atoms with Gasteiger partial charge >= 0.3 is 0 Å². The van der Waals surface area contributed by atoms with Crippen LogP contribution in [0.3, 0.4) is 0 Å². The van der Waals surface area contributed by atoms with Gasteiger partial charge in [0.1, 0.15) is 0 Å². The fourth-order valence-electron chi connectivity index (χ4n) is 1.01. The average molecular weight is 136 g/mol. The second kappa shape index (κ2) is 2.27. The van der Waals surface area contributed by atoms with Gasteiger partial charge in [0.25, 0.3) is 0 Å². The fourth-order valence-corrected chi connectivity index (χ4v) is 1.01. The molecular weight excluding hydrogens is 128 g/mol. The highest BCUT2D eigenvalue weighted by molar-refractivity contribution is 5.42. The molecule has 0 aromatic carbocycles. The first-order chi connectivity index (χ1) is 4.97. The Morgan fingerprint density at radius 1 is 1.60 bits per heavy atom. The van der Waals surface area contributed by atoms with Gasteiger partial charge in [-0.3, -0.25) is 4.84 Å². The summed E-state index contributed by atoms with van der Waals surface area (Å²) in [6, 6.07) is 3.99. The molecule has 1 aliphatic rings. The van der Waals surface area contributed by atoms with E-state index in [9.17, 15) is 0 Å². The molecule has 52 valence electrons. The Balaban J connectivity index is 2.41. The summed E-state index contributed by atoms with van der Waals surface area (Å²) in [5, 5.41) is 0. The van der Waals surface area contributed by atoms with Gasteiger partial charge in [-0.25, -0.2) is 10.5 Å². The van der Waals surface area contributed by atoms with Gasteiger partial charge in [0, 0.05) is 12.6 Å². The highest BCUT2D eigenvalue weighted by Gasteiger charge is 2.07. The molecular formula is C7H8N2O. The smallest absolute Gasteiger partial charge is 0.152 e. The Morgan fingerprint density at radius 3 is 3.50 bits per heavy atom. The molecule has 1 aromatic rings. The molecule has 0 amide bonds. The van der Waals surface area contributed by atoms with Crippen molar-refractivity contribution in [3.63, 3.8) is 0 Å². The first-order valence-corrected chi connectivity index (χ1v) is 3.28. The molecule has 0 aliphatic carbocycles. The van der Waals surface area contributed by atoms with E-state index in [4.69, 9.17) is 4.84 Å². The third-order valence-electron chi connectivity index (χ3n) is 1.53. The number of pyridine rings is 1. The molecule has 0 fully saturated rings. The predicted molar refractivity (Wildman–Crippen MR) is 37.5 cm³/mol. The van der Waals surface area contributed by atoms with Crippen LogP contribution in [0.15, 0.2) is 18.3 Å². The highest BCUT2D eigenvalue weighted by Crippen LogP contribution is 2.15. The van der Waals surface area contributed by atoms with Crippen LogP contribution in [-0.4, -0.2) is 11.6 Å². The van der Waals surface area contributed by atoms with Gasteiger partial charge in [-0.15, -0.1) is 0 Å². The predicted octanol–water partition coefficient (Wildman–Crippen LogP) is 0.981. The van der Waals surface area contributed by atoms with Crippen molar-refractivity contribution >= 4 is 5.82 Å². The van der Waals surface area contributed by atoms with Crippen molar-refractivity contribution in [2.75, 3.05) is 12.1 Å². The van der Waals surface area contributed by atoms with E-state index >= 15 is 0 Å². The summed E-state index contributed by atoms with van der Waals surface area (Å²) < 4.78 is 0. The molecule has 1 aromatic heterocycles. The maximum absolute atomic E-state index is 4.98. The van der Waals surface area contributed by atoms with Gasteiger partial charge in [-0.2, -0.15) is 0 Å². The molecule has 0 bridgehead atoms. The van der Waals surface area contributed by atoms with Crippen LogP contribution in [0, 0.1) is 0 Å². The molecule has 10 heavy (non-hydrogen) atoms. The molecule has 3 heteroatoms. The Bertz CT molecular complexity index is 212. The lowest BCUT2D eigenvalue weighted by Gasteiger charge is -2.15. The molecule has 2 rings (SSSR count). The first-order valence-electron chi connectivity index (χ1n) is 3.28. The highest BCUT2D eigenvalue weighted by atomic mass is 16.6. The molecule has 2 heterocycles. The summed E-state index contributed by atoms with van der Waals surface area (Å²) in [5.41, 5.74) is 3.98. The number of nitrogens with one attached hydrogen (secondary N) is 1. The SMILES string of the molecule is c1cnc2c(c1)CCON2. The van der Waals surface area contributed by atoms with Crippen molar-refractivity contribution in [3.05, 3.63) is 23.9 Å². The molecule has 1 N–H and O–H groups in total. The standard InChI is InChI=1S/C7H8N2O/c1-2-6-3-5-10-9-7(6)8-4-1/h1-2,4H,3,5H2,(H,8,9). The number of aromatic nitrogens is 1. The van der Waals surface area contributed by atoms with Gasteiger partial charge in [0.2, 0.25) is 0 Å². The van der Waals surface area contributed by atoms with Crippen LogP contribution >= 0.6 is 0 Å². The largest absolute Gasteiger partial charge is 0.274 e. The van der Waals surface area contributed by atoms with Gasteiger partial charge < -0.3 is 0 Å². The zero-order valence-electron chi connectivity index (χ0n) is 5.50.